The minimum Gasteiger partial charge on any atom is -0.338 e. The zero-order chi connectivity index (χ0) is 14.9. The molecule has 1 saturated carbocycles. The number of halogens is 1. The molecule has 21 heavy (non-hydrogen) atoms. The Morgan fingerprint density at radius 1 is 1.38 bits per heavy atom. The average Bonchev–Trinajstić information content (AvgIpc) is 2.99. The van der Waals surface area contributed by atoms with Gasteiger partial charge in [0.25, 0.3) is 0 Å². The van der Waals surface area contributed by atoms with Crippen molar-refractivity contribution < 1.29 is 8.91 Å². The highest BCUT2D eigenvalue weighted by Crippen LogP contribution is 2.40. The molecule has 1 heterocycles. The van der Waals surface area contributed by atoms with Crippen molar-refractivity contribution in [3.05, 3.63) is 36.0 Å². The maximum absolute atomic E-state index is 13.3. The largest absolute Gasteiger partial charge is 0.338 e. The molecule has 2 aromatic rings. The van der Waals surface area contributed by atoms with Crippen molar-refractivity contribution in [3.8, 4) is 11.4 Å². The second-order valence-corrected chi connectivity index (χ2v) is 6.10. The number of nitrogens with two attached hydrogens (primary N) is 1. The minimum atomic E-state index is -0.307. The fourth-order valence-electron chi connectivity index (χ4n) is 3.00. The number of nitrogens with zero attached hydrogens (tertiary/aromatic N) is 2. The Bertz CT molecular complexity index is 617. The lowest BCUT2D eigenvalue weighted by molar-refractivity contribution is 0.191. The van der Waals surface area contributed by atoms with Gasteiger partial charge in [0.05, 0.1) is 5.41 Å². The molecule has 0 unspecified atom stereocenters. The van der Waals surface area contributed by atoms with Crippen LogP contribution in [-0.4, -0.2) is 16.7 Å². The van der Waals surface area contributed by atoms with Crippen LogP contribution in [0.25, 0.3) is 11.4 Å². The van der Waals surface area contributed by atoms with E-state index in [1.54, 1.807) is 12.1 Å². The monoisotopic (exact) mass is 289 g/mol. The third-order valence-corrected chi connectivity index (χ3v) is 4.58. The molecule has 112 valence electrons. The van der Waals surface area contributed by atoms with Crippen molar-refractivity contribution >= 4 is 0 Å². The predicted molar refractivity (Wildman–Crippen MR) is 78.1 cm³/mol. The van der Waals surface area contributed by atoms with Crippen molar-refractivity contribution in [1.82, 2.24) is 10.1 Å². The van der Waals surface area contributed by atoms with Gasteiger partial charge in [-0.15, -0.1) is 0 Å². The van der Waals surface area contributed by atoms with Crippen LogP contribution in [0.3, 0.4) is 0 Å². The van der Waals surface area contributed by atoms with E-state index in [4.69, 9.17) is 10.3 Å². The van der Waals surface area contributed by atoms with Crippen LogP contribution in [0.5, 0.6) is 0 Å². The van der Waals surface area contributed by atoms with Crippen molar-refractivity contribution in [2.45, 2.75) is 38.0 Å². The first-order chi connectivity index (χ1) is 10.1. The number of hydrogen-bond acceptors (Lipinski definition) is 4. The van der Waals surface area contributed by atoms with Gasteiger partial charge in [0.1, 0.15) is 5.82 Å². The van der Waals surface area contributed by atoms with E-state index in [1.165, 1.54) is 12.1 Å². The molecular weight excluding hydrogens is 269 g/mol. The molecule has 4 nitrogen and oxygen atoms in total. The molecule has 5 heteroatoms. The van der Waals surface area contributed by atoms with Crippen molar-refractivity contribution in [3.63, 3.8) is 0 Å². The fourth-order valence-corrected chi connectivity index (χ4v) is 3.00. The standard InChI is InChI=1S/C16H20FN3O/c1-11-5-7-16(10-18,8-6-11)15-19-14(20-21-15)12-3-2-4-13(17)9-12/h2-4,9,11H,5-8,10,18H2,1H3. The van der Waals surface area contributed by atoms with Crippen LogP contribution in [0.15, 0.2) is 28.8 Å². The van der Waals surface area contributed by atoms with E-state index >= 15 is 0 Å². The number of rotatable bonds is 3. The molecule has 1 aliphatic carbocycles. The first-order valence-corrected chi connectivity index (χ1v) is 7.43. The molecule has 3 rings (SSSR count). The molecule has 0 radical (unpaired) electrons. The summed E-state index contributed by atoms with van der Waals surface area (Å²) in [5.41, 5.74) is 6.41. The Hall–Kier alpha value is -1.75. The van der Waals surface area contributed by atoms with Crippen LogP contribution in [0, 0.1) is 11.7 Å². The zero-order valence-corrected chi connectivity index (χ0v) is 12.2. The summed E-state index contributed by atoms with van der Waals surface area (Å²) in [7, 11) is 0. The van der Waals surface area contributed by atoms with Crippen LogP contribution in [0.1, 0.15) is 38.5 Å². The van der Waals surface area contributed by atoms with Gasteiger partial charge in [0.2, 0.25) is 11.7 Å². The molecule has 0 aliphatic heterocycles. The highest BCUT2D eigenvalue weighted by molar-refractivity contribution is 5.54. The third kappa shape index (κ3) is 2.70. The van der Waals surface area contributed by atoms with Crippen LogP contribution < -0.4 is 5.73 Å². The van der Waals surface area contributed by atoms with E-state index in [0.29, 0.717) is 23.8 Å². The minimum absolute atomic E-state index is 0.217. The van der Waals surface area contributed by atoms with Gasteiger partial charge < -0.3 is 10.3 Å². The summed E-state index contributed by atoms with van der Waals surface area (Å²) < 4.78 is 18.8. The zero-order valence-electron chi connectivity index (χ0n) is 12.2. The Labute approximate surface area is 123 Å². The van der Waals surface area contributed by atoms with E-state index in [1.807, 2.05) is 0 Å². The molecule has 0 spiro atoms. The lowest BCUT2D eigenvalue weighted by Gasteiger charge is -2.35. The van der Waals surface area contributed by atoms with Crippen LogP contribution >= 0.6 is 0 Å². The van der Waals surface area contributed by atoms with Crippen molar-refractivity contribution in [2.75, 3.05) is 6.54 Å². The summed E-state index contributed by atoms with van der Waals surface area (Å²) in [6.07, 6.45) is 4.18. The average molecular weight is 289 g/mol. The predicted octanol–water partition coefficient (Wildman–Crippen LogP) is 3.28. The van der Waals surface area contributed by atoms with E-state index < -0.39 is 0 Å². The summed E-state index contributed by atoms with van der Waals surface area (Å²) in [6, 6.07) is 6.22. The Morgan fingerprint density at radius 2 is 2.14 bits per heavy atom. The van der Waals surface area contributed by atoms with Gasteiger partial charge >= 0.3 is 0 Å². The van der Waals surface area contributed by atoms with Crippen LogP contribution in [0.4, 0.5) is 4.39 Å². The molecular formula is C16H20FN3O. The van der Waals surface area contributed by atoms with E-state index in [9.17, 15) is 4.39 Å². The summed E-state index contributed by atoms with van der Waals surface area (Å²) in [6.45, 7) is 2.76. The first-order valence-electron chi connectivity index (χ1n) is 7.43. The molecule has 1 aromatic carbocycles. The maximum atomic E-state index is 13.3. The fraction of sp³-hybridized carbons (Fsp3) is 0.500. The SMILES string of the molecule is CC1CCC(CN)(c2nc(-c3cccc(F)c3)no2)CC1. The van der Waals surface area contributed by atoms with Crippen molar-refractivity contribution in [1.29, 1.82) is 0 Å². The molecule has 1 aliphatic rings. The third-order valence-electron chi connectivity index (χ3n) is 4.58. The van der Waals surface area contributed by atoms with E-state index in [-0.39, 0.29) is 11.2 Å². The van der Waals surface area contributed by atoms with Gasteiger partial charge in [0.15, 0.2) is 0 Å². The van der Waals surface area contributed by atoms with E-state index in [0.717, 1.165) is 31.6 Å². The molecule has 1 fully saturated rings. The second-order valence-electron chi connectivity index (χ2n) is 6.10. The van der Waals surface area contributed by atoms with Gasteiger partial charge in [-0.05, 0) is 43.7 Å². The van der Waals surface area contributed by atoms with Gasteiger partial charge in [-0.25, -0.2) is 4.39 Å². The van der Waals surface area contributed by atoms with Gasteiger partial charge in [-0.1, -0.05) is 24.2 Å². The molecule has 0 saturated heterocycles. The Kier molecular flexibility index (Phi) is 3.76. The van der Waals surface area contributed by atoms with Crippen LogP contribution in [-0.2, 0) is 5.41 Å². The highest BCUT2D eigenvalue weighted by atomic mass is 19.1. The molecule has 0 bridgehead atoms. The van der Waals surface area contributed by atoms with Gasteiger partial charge in [-0.3, -0.25) is 0 Å². The number of hydrogen-bond donors (Lipinski definition) is 1. The molecule has 2 N–H and O–H groups in total. The summed E-state index contributed by atoms with van der Waals surface area (Å²) in [5, 5.41) is 4.01. The maximum Gasteiger partial charge on any atom is 0.234 e. The van der Waals surface area contributed by atoms with Gasteiger partial charge in [0, 0.05) is 12.1 Å². The molecule has 1 aromatic heterocycles. The molecule has 0 amide bonds. The Morgan fingerprint density at radius 3 is 2.81 bits per heavy atom. The lowest BCUT2D eigenvalue weighted by atomic mass is 9.71. The van der Waals surface area contributed by atoms with E-state index in [2.05, 4.69) is 17.1 Å². The van der Waals surface area contributed by atoms with Crippen LogP contribution in [0.2, 0.25) is 0 Å². The highest BCUT2D eigenvalue weighted by Gasteiger charge is 2.39. The normalized spacial score (nSPS) is 26.0. The quantitative estimate of drug-likeness (QED) is 0.941. The lowest BCUT2D eigenvalue weighted by Crippen LogP contribution is -2.39. The first kappa shape index (κ1) is 14.2. The van der Waals surface area contributed by atoms with Crippen molar-refractivity contribution in [2.24, 2.45) is 11.7 Å². The summed E-state index contributed by atoms with van der Waals surface area (Å²) in [4.78, 5) is 4.49. The smallest absolute Gasteiger partial charge is 0.234 e. The second kappa shape index (κ2) is 5.56. The topological polar surface area (TPSA) is 64.9 Å². The number of aromatic nitrogens is 2. The Balaban J connectivity index is 1.90. The molecule has 0 atom stereocenters. The summed E-state index contributed by atoms with van der Waals surface area (Å²) >= 11 is 0. The van der Waals surface area contributed by atoms with Gasteiger partial charge in [-0.2, -0.15) is 4.98 Å². The number of benzene rings is 1. The summed E-state index contributed by atoms with van der Waals surface area (Å²) in [5.74, 6) is 1.43.